The quantitative estimate of drug-likeness (QED) is 0.583. The van der Waals surface area contributed by atoms with Gasteiger partial charge in [0, 0.05) is 26.6 Å². The second-order valence-electron chi connectivity index (χ2n) is 5.75. The van der Waals surface area contributed by atoms with Crippen molar-refractivity contribution in [2.24, 2.45) is 0 Å². The second kappa shape index (κ2) is 9.44. The van der Waals surface area contributed by atoms with Gasteiger partial charge in [-0.25, -0.2) is 0 Å². The molecular weight excluding hydrogens is 318 g/mol. The lowest BCUT2D eigenvalue weighted by molar-refractivity contribution is -0.128. The summed E-state index contributed by atoms with van der Waals surface area (Å²) in [6.07, 6.45) is 0. The second-order valence-corrected chi connectivity index (χ2v) is 5.75. The largest absolute Gasteiger partial charge is 0.508 e. The molecular formula is C19H23N3O3. The van der Waals surface area contributed by atoms with Gasteiger partial charge in [0.1, 0.15) is 11.8 Å². The van der Waals surface area contributed by atoms with E-state index in [-0.39, 0.29) is 17.6 Å². The molecule has 0 radical (unpaired) electrons. The van der Waals surface area contributed by atoms with Crippen molar-refractivity contribution in [2.45, 2.75) is 26.1 Å². The lowest BCUT2D eigenvalue weighted by atomic mass is 10.2. The van der Waals surface area contributed by atoms with Gasteiger partial charge < -0.3 is 21.1 Å². The molecule has 0 aliphatic carbocycles. The van der Waals surface area contributed by atoms with E-state index in [9.17, 15) is 14.7 Å². The van der Waals surface area contributed by atoms with Gasteiger partial charge in [0.25, 0.3) is 0 Å². The first-order valence-corrected chi connectivity index (χ1v) is 8.12. The predicted octanol–water partition coefficient (Wildman–Crippen LogP) is 1.30. The van der Waals surface area contributed by atoms with Crippen molar-refractivity contribution in [3.05, 3.63) is 65.7 Å². The summed E-state index contributed by atoms with van der Waals surface area (Å²) in [7, 11) is 0. The van der Waals surface area contributed by atoms with Gasteiger partial charge >= 0.3 is 0 Å². The van der Waals surface area contributed by atoms with Gasteiger partial charge in [0.15, 0.2) is 0 Å². The Hall–Kier alpha value is -2.86. The Morgan fingerprint density at radius 2 is 1.60 bits per heavy atom. The van der Waals surface area contributed by atoms with E-state index in [4.69, 9.17) is 0 Å². The maximum absolute atomic E-state index is 12.3. The molecule has 2 aromatic rings. The number of hydrogen-bond acceptors (Lipinski definition) is 4. The number of hydrogen-bond donors (Lipinski definition) is 4. The fourth-order valence-corrected chi connectivity index (χ4v) is 2.34. The first kappa shape index (κ1) is 18.5. The number of carbonyl (C=O) groups is 2. The summed E-state index contributed by atoms with van der Waals surface area (Å²) in [5, 5.41) is 17.9. The monoisotopic (exact) mass is 341 g/mol. The van der Waals surface area contributed by atoms with Crippen LogP contribution in [0.15, 0.2) is 54.6 Å². The van der Waals surface area contributed by atoms with Crippen molar-refractivity contribution in [3.8, 4) is 5.75 Å². The van der Waals surface area contributed by atoms with Crippen LogP contribution in [0.3, 0.4) is 0 Å². The fraction of sp³-hybridized carbons (Fsp3) is 0.263. The third-order valence-corrected chi connectivity index (χ3v) is 3.62. The van der Waals surface area contributed by atoms with Crippen LogP contribution in [0.1, 0.15) is 18.1 Å². The van der Waals surface area contributed by atoms with Crippen molar-refractivity contribution in [1.29, 1.82) is 0 Å². The van der Waals surface area contributed by atoms with E-state index in [1.807, 2.05) is 30.3 Å². The molecule has 0 aliphatic rings. The van der Waals surface area contributed by atoms with E-state index in [0.29, 0.717) is 19.6 Å². The van der Waals surface area contributed by atoms with Gasteiger partial charge in [-0.05, 0) is 23.3 Å². The standard InChI is InChI=1S/C19H23N3O3/c1-14(23)22-18(13-20-11-15-5-3-2-4-6-15)19(25)21-12-16-7-9-17(24)10-8-16/h2-10,18,20,24H,11-13H2,1H3,(H,21,25)(H,22,23). The number of carbonyl (C=O) groups excluding carboxylic acids is 2. The van der Waals surface area contributed by atoms with Crippen molar-refractivity contribution in [2.75, 3.05) is 6.54 Å². The lowest BCUT2D eigenvalue weighted by Gasteiger charge is -2.18. The van der Waals surface area contributed by atoms with Crippen LogP contribution in [0.25, 0.3) is 0 Å². The van der Waals surface area contributed by atoms with Crippen LogP contribution in [0.2, 0.25) is 0 Å². The topological polar surface area (TPSA) is 90.5 Å². The summed E-state index contributed by atoms with van der Waals surface area (Å²) in [5.74, 6) is -0.341. The average Bonchev–Trinajstić information content (AvgIpc) is 2.61. The molecule has 6 nitrogen and oxygen atoms in total. The molecule has 0 bridgehead atoms. The maximum atomic E-state index is 12.3. The van der Waals surface area contributed by atoms with Crippen LogP contribution >= 0.6 is 0 Å². The number of phenols is 1. The molecule has 0 saturated heterocycles. The van der Waals surface area contributed by atoms with Crippen LogP contribution in [0.4, 0.5) is 0 Å². The molecule has 6 heteroatoms. The molecule has 0 heterocycles. The highest BCUT2D eigenvalue weighted by atomic mass is 16.3. The van der Waals surface area contributed by atoms with E-state index >= 15 is 0 Å². The molecule has 2 rings (SSSR count). The van der Waals surface area contributed by atoms with Crippen LogP contribution in [-0.2, 0) is 22.7 Å². The van der Waals surface area contributed by atoms with E-state index in [2.05, 4.69) is 16.0 Å². The summed E-state index contributed by atoms with van der Waals surface area (Å²) in [6, 6.07) is 15.8. The van der Waals surface area contributed by atoms with E-state index in [1.165, 1.54) is 6.92 Å². The molecule has 0 aromatic heterocycles. The van der Waals surface area contributed by atoms with Gasteiger partial charge in [-0.1, -0.05) is 42.5 Å². The number of nitrogens with one attached hydrogen (secondary N) is 3. The lowest BCUT2D eigenvalue weighted by Crippen LogP contribution is -2.51. The molecule has 0 saturated carbocycles. The van der Waals surface area contributed by atoms with Crippen LogP contribution < -0.4 is 16.0 Å². The highest BCUT2D eigenvalue weighted by molar-refractivity contribution is 5.87. The van der Waals surface area contributed by atoms with Crippen LogP contribution in [-0.4, -0.2) is 29.5 Å². The van der Waals surface area contributed by atoms with E-state index in [0.717, 1.165) is 11.1 Å². The fourth-order valence-electron chi connectivity index (χ4n) is 2.34. The van der Waals surface area contributed by atoms with Crippen molar-refractivity contribution in [3.63, 3.8) is 0 Å². The Morgan fingerprint density at radius 3 is 2.24 bits per heavy atom. The normalized spacial score (nSPS) is 11.6. The molecule has 0 spiro atoms. The van der Waals surface area contributed by atoms with Crippen LogP contribution in [0.5, 0.6) is 5.75 Å². The molecule has 2 aromatic carbocycles. The third-order valence-electron chi connectivity index (χ3n) is 3.62. The molecule has 132 valence electrons. The number of phenolic OH excluding ortho intramolecular Hbond substituents is 1. The zero-order valence-electron chi connectivity index (χ0n) is 14.2. The summed E-state index contributed by atoms with van der Waals surface area (Å²) >= 11 is 0. The molecule has 1 unspecified atom stereocenters. The van der Waals surface area contributed by atoms with Gasteiger partial charge in [-0.15, -0.1) is 0 Å². The number of aromatic hydroxyl groups is 1. The van der Waals surface area contributed by atoms with E-state index < -0.39 is 6.04 Å². The van der Waals surface area contributed by atoms with Crippen molar-refractivity contribution < 1.29 is 14.7 Å². The number of amides is 2. The number of benzene rings is 2. The predicted molar refractivity (Wildman–Crippen MR) is 95.7 cm³/mol. The van der Waals surface area contributed by atoms with Gasteiger partial charge in [-0.2, -0.15) is 0 Å². The SMILES string of the molecule is CC(=O)NC(CNCc1ccccc1)C(=O)NCc1ccc(O)cc1. The van der Waals surface area contributed by atoms with Gasteiger partial charge in [0.05, 0.1) is 0 Å². The summed E-state index contributed by atoms with van der Waals surface area (Å²) < 4.78 is 0. The Balaban J connectivity index is 1.85. The Kier molecular flexibility index (Phi) is 6.98. The molecule has 0 fully saturated rings. The van der Waals surface area contributed by atoms with Crippen LogP contribution in [0, 0.1) is 0 Å². The highest BCUT2D eigenvalue weighted by Gasteiger charge is 2.18. The first-order chi connectivity index (χ1) is 12.0. The molecule has 25 heavy (non-hydrogen) atoms. The summed E-state index contributed by atoms with van der Waals surface area (Å²) in [5.41, 5.74) is 1.97. The zero-order valence-corrected chi connectivity index (χ0v) is 14.2. The van der Waals surface area contributed by atoms with E-state index in [1.54, 1.807) is 24.3 Å². The number of rotatable bonds is 8. The van der Waals surface area contributed by atoms with Crippen molar-refractivity contribution >= 4 is 11.8 Å². The zero-order chi connectivity index (χ0) is 18.1. The first-order valence-electron chi connectivity index (χ1n) is 8.12. The Bertz CT molecular complexity index is 687. The molecule has 1 atom stereocenters. The minimum atomic E-state index is -0.654. The molecule has 0 aliphatic heterocycles. The average molecular weight is 341 g/mol. The van der Waals surface area contributed by atoms with Gasteiger partial charge in [0.2, 0.25) is 11.8 Å². The smallest absolute Gasteiger partial charge is 0.244 e. The van der Waals surface area contributed by atoms with Crippen molar-refractivity contribution in [1.82, 2.24) is 16.0 Å². The summed E-state index contributed by atoms with van der Waals surface area (Å²) in [6.45, 7) is 2.66. The maximum Gasteiger partial charge on any atom is 0.244 e. The van der Waals surface area contributed by atoms with Gasteiger partial charge in [-0.3, -0.25) is 9.59 Å². The third kappa shape index (κ3) is 6.64. The minimum Gasteiger partial charge on any atom is -0.508 e. The molecule has 2 amide bonds. The summed E-state index contributed by atoms with van der Waals surface area (Å²) in [4.78, 5) is 23.7. The highest BCUT2D eigenvalue weighted by Crippen LogP contribution is 2.09. The Morgan fingerprint density at radius 1 is 0.960 bits per heavy atom. The Labute approximate surface area is 147 Å². The molecule has 4 N–H and O–H groups in total. The minimum absolute atomic E-state index is 0.177.